The molecule has 0 bridgehead atoms. The Hall–Kier alpha value is -8.34. The van der Waals surface area contributed by atoms with E-state index < -0.39 is 5.41 Å². The molecule has 0 saturated heterocycles. The van der Waals surface area contributed by atoms with Crippen LogP contribution in [0.2, 0.25) is 0 Å². The predicted molar refractivity (Wildman–Crippen MR) is 267 cm³/mol. The maximum absolute atomic E-state index is 7.01. The van der Waals surface area contributed by atoms with E-state index in [-0.39, 0.29) is 0 Å². The first-order valence-electron chi connectivity index (χ1n) is 22.9. The predicted octanol–water partition coefficient (Wildman–Crippen LogP) is 16.7. The van der Waals surface area contributed by atoms with Crippen molar-refractivity contribution in [2.45, 2.75) is 25.2 Å². The third kappa shape index (κ3) is 5.21. The molecule has 1 spiro atoms. The number of allylic oxidation sites excluding steroid dienone is 4. The Bertz CT molecular complexity index is 3690. The second-order valence-corrected chi connectivity index (χ2v) is 17.9. The molecule has 1 aromatic heterocycles. The number of fused-ring (bicyclic) bond motifs is 15. The van der Waals surface area contributed by atoms with Gasteiger partial charge >= 0.3 is 0 Å². The fraction of sp³-hybridized carbons (Fsp3) is 0.0645. The van der Waals surface area contributed by atoms with Crippen molar-refractivity contribution in [1.82, 2.24) is 0 Å². The van der Waals surface area contributed by atoms with Crippen molar-refractivity contribution in [2.24, 2.45) is 0 Å². The molecular weight excluding hydrogens is 807 g/mol. The summed E-state index contributed by atoms with van der Waals surface area (Å²) in [7, 11) is 0. The van der Waals surface area contributed by atoms with Crippen LogP contribution in [0.3, 0.4) is 0 Å². The number of ether oxygens (including phenoxy) is 2. The number of benzene rings is 9. The smallest absolute Gasteiger partial charge is 0.170 e. The maximum Gasteiger partial charge on any atom is 0.170 e. The number of hydrogen-bond donors (Lipinski definition) is 0. The van der Waals surface area contributed by atoms with Gasteiger partial charge in [-0.1, -0.05) is 146 Å². The van der Waals surface area contributed by atoms with Crippen molar-refractivity contribution >= 4 is 38.9 Å². The Morgan fingerprint density at radius 3 is 1.92 bits per heavy atom. The summed E-state index contributed by atoms with van der Waals surface area (Å²) in [6.45, 7) is 2.25. The highest BCUT2D eigenvalue weighted by atomic mass is 16.6. The molecule has 2 heterocycles. The van der Waals surface area contributed by atoms with Gasteiger partial charge in [0.1, 0.15) is 11.2 Å². The van der Waals surface area contributed by atoms with E-state index in [9.17, 15) is 0 Å². The van der Waals surface area contributed by atoms with E-state index in [0.29, 0.717) is 11.5 Å². The lowest BCUT2D eigenvalue weighted by atomic mass is 9.69. The summed E-state index contributed by atoms with van der Waals surface area (Å²) >= 11 is 0. The lowest BCUT2D eigenvalue weighted by Crippen LogP contribution is -2.26. The molecule has 312 valence electrons. The van der Waals surface area contributed by atoms with Crippen LogP contribution in [-0.2, 0) is 5.41 Å². The zero-order valence-corrected chi connectivity index (χ0v) is 36.2. The zero-order valence-electron chi connectivity index (χ0n) is 36.2. The normalized spacial score (nSPS) is 14.6. The van der Waals surface area contributed by atoms with Gasteiger partial charge in [-0.25, -0.2) is 0 Å². The van der Waals surface area contributed by atoms with E-state index in [1.54, 1.807) is 0 Å². The van der Waals surface area contributed by atoms with E-state index in [4.69, 9.17) is 13.9 Å². The largest absolute Gasteiger partial charge is 0.456 e. The van der Waals surface area contributed by atoms with Crippen molar-refractivity contribution in [2.75, 3.05) is 4.90 Å². The van der Waals surface area contributed by atoms with Crippen molar-refractivity contribution in [3.05, 3.63) is 245 Å². The van der Waals surface area contributed by atoms with E-state index in [2.05, 4.69) is 212 Å². The minimum atomic E-state index is -0.478. The topological polar surface area (TPSA) is 34.8 Å². The minimum Gasteiger partial charge on any atom is -0.456 e. The van der Waals surface area contributed by atoms with Crippen LogP contribution < -0.4 is 14.4 Å². The van der Waals surface area contributed by atoms with Crippen LogP contribution >= 0.6 is 0 Å². The molecule has 4 aliphatic rings. The Morgan fingerprint density at radius 2 is 1.11 bits per heavy atom. The highest BCUT2D eigenvalue weighted by Crippen LogP contribution is 2.65. The van der Waals surface area contributed by atoms with Crippen molar-refractivity contribution in [3.8, 4) is 56.4 Å². The van der Waals surface area contributed by atoms with Gasteiger partial charge in [0.05, 0.1) is 11.1 Å². The third-order valence-corrected chi connectivity index (χ3v) is 14.4. The second kappa shape index (κ2) is 14.1. The molecule has 0 saturated carbocycles. The summed E-state index contributed by atoms with van der Waals surface area (Å²) in [5, 5.41) is 2.33. The summed E-state index contributed by atoms with van der Waals surface area (Å²) < 4.78 is 20.1. The molecular formula is C62H41NO3. The Kier molecular flexibility index (Phi) is 7.91. The summed E-state index contributed by atoms with van der Waals surface area (Å²) in [5.41, 5.74) is 20.9. The molecule has 9 aromatic carbocycles. The van der Waals surface area contributed by atoms with E-state index in [1.165, 1.54) is 72.3 Å². The van der Waals surface area contributed by atoms with Crippen LogP contribution in [0.5, 0.6) is 23.0 Å². The highest BCUT2D eigenvalue weighted by Gasteiger charge is 2.53. The molecule has 0 radical (unpaired) electrons. The molecule has 0 N–H and O–H groups in total. The van der Waals surface area contributed by atoms with E-state index in [0.717, 1.165) is 63.4 Å². The van der Waals surface area contributed by atoms with Gasteiger partial charge in [-0.15, -0.1) is 0 Å². The zero-order chi connectivity index (χ0) is 43.5. The molecule has 66 heavy (non-hydrogen) atoms. The monoisotopic (exact) mass is 847 g/mol. The van der Waals surface area contributed by atoms with Crippen LogP contribution in [0, 0.1) is 6.92 Å². The molecule has 14 rings (SSSR count). The number of para-hydroxylation sites is 3. The van der Waals surface area contributed by atoms with Crippen LogP contribution in [-0.4, -0.2) is 0 Å². The molecule has 0 atom stereocenters. The van der Waals surface area contributed by atoms with Gasteiger partial charge in [-0.05, 0) is 147 Å². The second-order valence-electron chi connectivity index (χ2n) is 17.9. The van der Waals surface area contributed by atoms with Crippen LogP contribution in [0.1, 0.15) is 46.2 Å². The minimum absolute atomic E-state index is 0.478. The molecule has 4 nitrogen and oxygen atoms in total. The SMILES string of the molecule is Cc1cccc2c1C1(c3ccccc3-c3ccccc31)c1cc3c(cc1-2)Oc1ccc(-c2ccccc2N(C2=CC=C(c4cccc5oc6ccccc6c45)CC2)c2ccccc2)cc1O3. The van der Waals surface area contributed by atoms with Crippen molar-refractivity contribution in [1.29, 1.82) is 0 Å². The van der Waals surface area contributed by atoms with Gasteiger partial charge in [-0.2, -0.15) is 0 Å². The lowest BCUT2D eigenvalue weighted by Gasteiger charge is -2.32. The standard InChI is InChI=1S/C62H41NO3/c1-38-15-13-23-47-49-36-58-59(37-52(49)62(61(38)47)50-24-9-5-19-45(50)46-20-6-10-25-51(46)62)66-57-35-40(31-34-55(57)65-58)43-18-7-11-26-53(43)63(41-16-3-2-4-17-41)42-32-29-39(30-33-42)44-22-14-28-56-60(44)48-21-8-12-27-54(48)64-56/h2-29,31-32,34-37H,30,33H2,1H3. The lowest BCUT2D eigenvalue weighted by molar-refractivity contribution is 0.359. The van der Waals surface area contributed by atoms with Gasteiger partial charge in [0.2, 0.25) is 0 Å². The number of furan rings is 1. The Labute approximate surface area is 382 Å². The number of anilines is 2. The summed E-state index contributed by atoms with van der Waals surface area (Å²) in [5.74, 6) is 2.84. The molecule has 10 aromatic rings. The van der Waals surface area contributed by atoms with Crippen molar-refractivity contribution in [3.63, 3.8) is 0 Å². The van der Waals surface area contributed by atoms with E-state index >= 15 is 0 Å². The molecule has 0 fully saturated rings. The van der Waals surface area contributed by atoms with Gasteiger partial charge in [0, 0.05) is 27.7 Å². The third-order valence-electron chi connectivity index (χ3n) is 14.4. The van der Waals surface area contributed by atoms with Gasteiger partial charge in [-0.3, -0.25) is 0 Å². The summed E-state index contributed by atoms with van der Waals surface area (Å²) in [4.78, 5) is 2.42. The Balaban J connectivity index is 0.863. The number of rotatable bonds is 5. The fourth-order valence-electron chi connectivity index (χ4n) is 11.7. The maximum atomic E-state index is 7.01. The van der Waals surface area contributed by atoms with Crippen LogP contribution in [0.15, 0.2) is 216 Å². The Morgan fingerprint density at radius 1 is 0.455 bits per heavy atom. The summed E-state index contributed by atoms with van der Waals surface area (Å²) in [6, 6.07) is 69.5. The molecule has 3 aliphatic carbocycles. The average Bonchev–Trinajstić information content (AvgIpc) is 4.00. The molecule has 1 aliphatic heterocycles. The molecule has 0 amide bonds. The number of hydrogen-bond acceptors (Lipinski definition) is 4. The van der Waals surface area contributed by atoms with Gasteiger partial charge < -0.3 is 18.8 Å². The van der Waals surface area contributed by atoms with Crippen molar-refractivity contribution < 1.29 is 13.9 Å². The first-order chi connectivity index (χ1) is 32.6. The first kappa shape index (κ1) is 37.1. The highest BCUT2D eigenvalue weighted by molar-refractivity contribution is 6.10. The average molecular weight is 848 g/mol. The van der Waals surface area contributed by atoms with Gasteiger partial charge in [0.25, 0.3) is 0 Å². The molecule has 0 unspecified atom stereocenters. The number of nitrogens with zero attached hydrogens (tertiary/aromatic N) is 1. The van der Waals surface area contributed by atoms with Crippen LogP contribution in [0.25, 0.3) is 60.9 Å². The fourth-order valence-corrected chi connectivity index (χ4v) is 11.7. The van der Waals surface area contributed by atoms with E-state index in [1.807, 2.05) is 6.07 Å². The van der Waals surface area contributed by atoms with Crippen LogP contribution in [0.4, 0.5) is 11.4 Å². The quantitative estimate of drug-likeness (QED) is 0.173. The van der Waals surface area contributed by atoms with Gasteiger partial charge in [0.15, 0.2) is 23.0 Å². The molecule has 4 heteroatoms. The number of aryl methyl sites for hydroxylation is 1. The summed E-state index contributed by atoms with van der Waals surface area (Å²) in [6.07, 6.45) is 6.37. The first-order valence-corrected chi connectivity index (χ1v) is 22.9.